The zero-order valence-electron chi connectivity index (χ0n) is 20.8. The van der Waals surface area contributed by atoms with Crippen LogP contribution in [0.1, 0.15) is 60.3 Å². The summed E-state index contributed by atoms with van der Waals surface area (Å²) >= 11 is 0. The van der Waals surface area contributed by atoms with Crippen molar-refractivity contribution in [3.8, 4) is 5.88 Å². The van der Waals surface area contributed by atoms with E-state index in [-0.39, 0.29) is 24.1 Å². The fraction of sp³-hybridized carbons (Fsp3) is 0.241. The van der Waals surface area contributed by atoms with Gasteiger partial charge in [-0.05, 0) is 57.0 Å². The Balaban J connectivity index is 1.78. The number of carbonyl (C=O) groups excluding carboxylic acids is 1. The van der Waals surface area contributed by atoms with E-state index in [4.69, 9.17) is 21.2 Å². The van der Waals surface area contributed by atoms with Gasteiger partial charge in [0.1, 0.15) is 0 Å². The van der Waals surface area contributed by atoms with E-state index in [1.54, 1.807) is 25.1 Å². The number of nitrogens with two attached hydrogens (primary N) is 2. The van der Waals surface area contributed by atoms with Gasteiger partial charge in [-0.1, -0.05) is 48.5 Å². The molecule has 0 saturated carbocycles. The van der Waals surface area contributed by atoms with Crippen LogP contribution in [0.2, 0.25) is 0 Å². The Morgan fingerprint density at radius 2 is 1.75 bits per heavy atom. The molecule has 3 aromatic carbocycles. The van der Waals surface area contributed by atoms with Crippen molar-refractivity contribution in [3.63, 3.8) is 0 Å². The van der Waals surface area contributed by atoms with Gasteiger partial charge in [0, 0.05) is 28.0 Å². The number of hydrogen-bond donors (Lipinski definition) is 4. The van der Waals surface area contributed by atoms with E-state index in [2.05, 4.69) is 4.98 Å². The van der Waals surface area contributed by atoms with Crippen LogP contribution >= 0.6 is 0 Å². The molecule has 6 N–H and O–H groups in total. The molecule has 186 valence electrons. The first kappa shape index (κ1) is 25.2. The smallest absolute Gasteiger partial charge is 0.338 e. The number of nitrogens with one attached hydrogen (secondary N) is 1. The summed E-state index contributed by atoms with van der Waals surface area (Å²) in [5.74, 6) is -0.444. The lowest BCUT2D eigenvalue weighted by Crippen LogP contribution is -2.35. The summed E-state index contributed by atoms with van der Waals surface area (Å²) in [6.45, 7) is 5.97. The predicted octanol–water partition coefficient (Wildman–Crippen LogP) is 5.35. The van der Waals surface area contributed by atoms with Crippen molar-refractivity contribution in [1.29, 1.82) is 0 Å². The minimum Gasteiger partial charge on any atom is -0.494 e. The van der Waals surface area contributed by atoms with Gasteiger partial charge in [-0.15, -0.1) is 0 Å². The maximum Gasteiger partial charge on any atom is 0.338 e. The van der Waals surface area contributed by atoms with E-state index in [0.29, 0.717) is 34.5 Å². The number of benzene rings is 3. The summed E-state index contributed by atoms with van der Waals surface area (Å²) in [6.07, 6.45) is 0.655. The first-order valence-electron chi connectivity index (χ1n) is 12.0. The number of aromatic amines is 1. The zero-order chi connectivity index (χ0) is 25.9. The maximum atomic E-state index is 12.2. The Kier molecular flexibility index (Phi) is 7.24. The van der Waals surface area contributed by atoms with Gasteiger partial charge in [0.15, 0.2) is 5.88 Å². The molecule has 4 aromatic rings. The first-order chi connectivity index (χ1) is 17.2. The van der Waals surface area contributed by atoms with Gasteiger partial charge in [-0.25, -0.2) is 9.79 Å². The van der Waals surface area contributed by atoms with Crippen LogP contribution in [0, 0.1) is 0 Å². The van der Waals surface area contributed by atoms with Crippen molar-refractivity contribution in [2.24, 2.45) is 16.5 Å². The molecule has 1 unspecified atom stereocenters. The summed E-state index contributed by atoms with van der Waals surface area (Å²) in [6, 6.07) is 22.4. The second-order valence-corrected chi connectivity index (χ2v) is 9.55. The fourth-order valence-corrected chi connectivity index (χ4v) is 4.24. The van der Waals surface area contributed by atoms with Crippen molar-refractivity contribution in [2.75, 3.05) is 6.61 Å². The Morgan fingerprint density at radius 1 is 1.06 bits per heavy atom. The minimum atomic E-state index is -0.414. The van der Waals surface area contributed by atoms with Crippen molar-refractivity contribution >= 4 is 28.3 Å². The van der Waals surface area contributed by atoms with Crippen molar-refractivity contribution in [1.82, 2.24) is 4.98 Å². The lowest BCUT2D eigenvalue weighted by atomic mass is 9.92. The SMILES string of the molecule is CCOC(=O)c1ccc2c(C(=Nc3ccc(C(N)CC(C)(C)N)cc3)c3ccccc3)c(O)[nH]c2c1. The molecule has 0 radical (unpaired) electrons. The number of aromatic nitrogens is 1. The quantitative estimate of drug-likeness (QED) is 0.198. The zero-order valence-corrected chi connectivity index (χ0v) is 20.8. The summed E-state index contributed by atoms with van der Waals surface area (Å²) in [5.41, 5.74) is 16.8. The second kappa shape index (κ2) is 10.4. The molecule has 7 nitrogen and oxygen atoms in total. The monoisotopic (exact) mass is 484 g/mol. The van der Waals surface area contributed by atoms with Gasteiger partial charge in [0.25, 0.3) is 0 Å². The molecule has 1 atom stereocenters. The summed E-state index contributed by atoms with van der Waals surface area (Å²) in [7, 11) is 0. The largest absolute Gasteiger partial charge is 0.494 e. The molecule has 0 saturated heterocycles. The summed E-state index contributed by atoms with van der Waals surface area (Å²) in [4.78, 5) is 20.1. The van der Waals surface area contributed by atoms with Crippen molar-refractivity contribution in [2.45, 2.75) is 38.8 Å². The highest BCUT2D eigenvalue weighted by atomic mass is 16.5. The van der Waals surface area contributed by atoms with E-state index in [1.165, 1.54) is 0 Å². The molecule has 7 heteroatoms. The highest BCUT2D eigenvalue weighted by molar-refractivity contribution is 6.22. The van der Waals surface area contributed by atoms with E-state index in [9.17, 15) is 9.90 Å². The molecule has 0 spiro atoms. The molecular formula is C29H32N4O3. The average molecular weight is 485 g/mol. The number of H-pyrrole nitrogens is 1. The van der Waals surface area contributed by atoms with Gasteiger partial charge < -0.3 is 26.3 Å². The van der Waals surface area contributed by atoms with Crippen molar-refractivity contribution < 1.29 is 14.6 Å². The summed E-state index contributed by atoms with van der Waals surface area (Å²) < 4.78 is 5.11. The molecular weight excluding hydrogens is 452 g/mol. The highest BCUT2D eigenvalue weighted by Crippen LogP contribution is 2.32. The van der Waals surface area contributed by atoms with Crippen LogP contribution in [0.25, 0.3) is 10.9 Å². The molecule has 36 heavy (non-hydrogen) atoms. The number of hydrogen-bond acceptors (Lipinski definition) is 6. The van der Waals surface area contributed by atoms with E-state index in [0.717, 1.165) is 16.5 Å². The molecule has 1 aromatic heterocycles. The third kappa shape index (κ3) is 5.64. The van der Waals surface area contributed by atoms with Crippen LogP contribution in [0.5, 0.6) is 5.88 Å². The number of fused-ring (bicyclic) bond motifs is 1. The lowest BCUT2D eigenvalue weighted by Gasteiger charge is -2.23. The van der Waals surface area contributed by atoms with Crippen LogP contribution < -0.4 is 11.5 Å². The standard InChI is InChI=1S/C29H32N4O3/c1-4-36-28(35)20-12-15-22-24(16-20)33-27(34)25(22)26(19-8-6-5-7-9-19)32-21-13-10-18(11-14-21)23(30)17-29(2,3)31/h5-16,23,33-34H,4,17,30-31H2,1-3H3. The minimum absolute atomic E-state index is 0.0302. The van der Waals surface area contributed by atoms with Crippen LogP contribution in [-0.4, -0.2) is 33.9 Å². The Morgan fingerprint density at radius 3 is 2.39 bits per heavy atom. The third-order valence-electron chi connectivity index (χ3n) is 5.88. The Bertz CT molecular complexity index is 1380. The van der Waals surface area contributed by atoms with E-state index < -0.39 is 5.97 Å². The van der Waals surface area contributed by atoms with Crippen LogP contribution in [0.3, 0.4) is 0 Å². The number of ether oxygens (including phenoxy) is 1. The normalized spacial score (nSPS) is 13.1. The topological polar surface area (TPSA) is 127 Å². The van der Waals surface area contributed by atoms with Gasteiger partial charge in [0.2, 0.25) is 0 Å². The number of aliphatic imine (C=N–C) groups is 1. The van der Waals surface area contributed by atoms with E-state index >= 15 is 0 Å². The molecule has 0 aliphatic carbocycles. The molecule has 4 rings (SSSR count). The number of aromatic hydroxyl groups is 1. The number of rotatable bonds is 8. The van der Waals surface area contributed by atoms with Gasteiger partial charge in [-0.2, -0.15) is 0 Å². The van der Waals surface area contributed by atoms with Gasteiger partial charge >= 0.3 is 5.97 Å². The molecule has 0 fully saturated rings. The van der Waals surface area contributed by atoms with Crippen LogP contribution in [0.15, 0.2) is 77.8 Å². The molecule has 0 aliphatic heterocycles. The van der Waals surface area contributed by atoms with Gasteiger partial charge in [-0.3, -0.25) is 0 Å². The van der Waals surface area contributed by atoms with E-state index in [1.807, 2.05) is 68.4 Å². The fourth-order valence-electron chi connectivity index (χ4n) is 4.24. The first-order valence-corrected chi connectivity index (χ1v) is 12.0. The highest BCUT2D eigenvalue weighted by Gasteiger charge is 2.21. The van der Waals surface area contributed by atoms with Crippen LogP contribution in [0.4, 0.5) is 5.69 Å². The maximum absolute atomic E-state index is 12.2. The Hall–Kier alpha value is -3.94. The van der Waals surface area contributed by atoms with Crippen molar-refractivity contribution in [3.05, 3.63) is 95.1 Å². The number of carbonyl (C=O) groups is 1. The van der Waals surface area contributed by atoms with Gasteiger partial charge in [0.05, 0.1) is 29.1 Å². The summed E-state index contributed by atoms with van der Waals surface area (Å²) in [5, 5.41) is 11.7. The van der Waals surface area contributed by atoms with Crippen LogP contribution in [-0.2, 0) is 4.74 Å². The molecule has 0 bridgehead atoms. The third-order valence-corrected chi connectivity index (χ3v) is 5.88. The molecule has 1 heterocycles. The number of esters is 1. The molecule has 0 amide bonds. The lowest BCUT2D eigenvalue weighted by molar-refractivity contribution is 0.0526. The second-order valence-electron chi connectivity index (χ2n) is 9.55. The predicted molar refractivity (Wildman–Crippen MR) is 144 cm³/mol. The molecule has 0 aliphatic rings. The average Bonchev–Trinajstić information content (AvgIpc) is 3.17. The number of nitrogens with zero attached hydrogens (tertiary/aromatic N) is 1. The Labute approximate surface area is 210 Å².